The van der Waals surface area contributed by atoms with E-state index in [0.717, 1.165) is 43.4 Å². The smallest absolute Gasteiger partial charge is 0.314 e. The van der Waals surface area contributed by atoms with Crippen LogP contribution >= 0.6 is 0 Å². The van der Waals surface area contributed by atoms with E-state index in [1.54, 1.807) is 11.6 Å². The molecule has 2 aliphatic rings. The van der Waals surface area contributed by atoms with E-state index < -0.39 is 0 Å². The highest BCUT2D eigenvalue weighted by molar-refractivity contribution is 5.00. The van der Waals surface area contributed by atoms with Gasteiger partial charge in [0, 0.05) is 39.5 Å². The average Bonchev–Trinajstić information content (AvgIpc) is 3.18. The molecule has 1 fully saturated rings. The predicted molar refractivity (Wildman–Crippen MR) is 97.7 cm³/mol. The van der Waals surface area contributed by atoms with E-state index in [2.05, 4.69) is 25.2 Å². The van der Waals surface area contributed by atoms with E-state index in [-0.39, 0.29) is 5.69 Å². The Balaban J connectivity index is 1.43. The second kappa shape index (κ2) is 7.34. The number of nitrogens with one attached hydrogen (secondary N) is 1. The van der Waals surface area contributed by atoms with Crippen LogP contribution in [0.5, 0.6) is 0 Å². The van der Waals surface area contributed by atoms with Gasteiger partial charge in [-0.3, -0.25) is 4.57 Å². The monoisotopic (exact) mass is 359 g/mol. The number of aromatic nitrogens is 6. The van der Waals surface area contributed by atoms with Gasteiger partial charge in [0.1, 0.15) is 17.5 Å². The molecule has 0 radical (unpaired) electrons. The Labute approximate surface area is 153 Å². The molecule has 3 heterocycles. The Morgan fingerprint density at radius 3 is 2.73 bits per heavy atom. The summed E-state index contributed by atoms with van der Waals surface area (Å²) in [5.74, 6) is 3.59. The van der Waals surface area contributed by atoms with Crippen LogP contribution in [-0.2, 0) is 40.0 Å². The van der Waals surface area contributed by atoms with Crippen LogP contribution < -0.4 is 11.0 Å². The topological polar surface area (TPSA) is 82.6 Å². The van der Waals surface area contributed by atoms with Crippen molar-refractivity contribution in [1.82, 2.24) is 34.4 Å². The zero-order valence-corrected chi connectivity index (χ0v) is 15.8. The van der Waals surface area contributed by atoms with E-state index in [1.807, 2.05) is 7.05 Å². The van der Waals surface area contributed by atoms with Gasteiger partial charge >= 0.3 is 5.69 Å². The van der Waals surface area contributed by atoms with Gasteiger partial charge in [-0.15, -0.1) is 10.2 Å². The van der Waals surface area contributed by atoms with Crippen LogP contribution in [0.4, 0.5) is 0 Å². The Hall–Kier alpha value is -1.96. The van der Waals surface area contributed by atoms with Gasteiger partial charge in [-0.25, -0.2) is 9.48 Å². The van der Waals surface area contributed by atoms with Crippen LogP contribution in [0.1, 0.15) is 56.0 Å². The summed E-state index contributed by atoms with van der Waals surface area (Å²) in [6.07, 6.45) is 9.20. The number of fused-ring (bicyclic) bond motifs is 1. The Morgan fingerprint density at radius 2 is 1.92 bits per heavy atom. The third-order valence-electron chi connectivity index (χ3n) is 6.03. The molecule has 8 heteroatoms. The van der Waals surface area contributed by atoms with E-state index in [9.17, 15) is 4.79 Å². The van der Waals surface area contributed by atoms with Crippen molar-refractivity contribution < 1.29 is 0 Å². The Kier molecular flexibility index (Phi) is 4.93. The van der Waals surface area contributed by atoms with E-state index in [4.69, 9.17) is 0 Å². The number of rotatable bonds is 5. The summed E-state index contributed by atoms with van der Waals surface area (Å²) in [6, 6.07) is 0.442. The molecule has 2 atom stereocenters. The molecule has 0 amide bonds. The van der Waals surface area contributed by atoms with Gasteiger partial charge in [0.25, 0.3) is 0 Å². The maximum Gasteiger partial charge on any atom is 0.345 e. The highest BCUT2D eigenvalue weighted by Gasteiger charge is 2.27. The summed E-state index contributed by atoms with van der Waals surface area (Å²) in [6.45, 7) is 1.82. The normalized spacial score (nSPS) is 23.2. The van der Waals surface area contributed by atoms with Gasteiger partial charge in [-0.1, -0.05) is 12.8 Å². The van der Waals surface area contributed by atoms with E-state index >= 15 is 0 Å². The van der Waals surface area contributed by atoms with Gasteiger partial charge in [-0.2, -0.15) is 5.10 Å². The molecule has 0 aromatic carbocycles. The van der Waals surface area contributed by atoms with Crippen LogP contribution in [0.25, 0.3) is 0 Å². The van der Waals surface area contributed by atoms with Gasteiger partial charge in [0.15, 0.2) is 0 Å². The molecule has 1 aliphatic heterocycles. The summed E-state index contributed by atoms with van der Waals surface area (Å²) in [7, 11) is 3.54. The van der Waals surface area contributed by atoms with Crippen LogP contribution in [-0.4, -0.2) is 35.2 Å². The summed E-state index contributed by atoms with van der Waals surface area (Å²) in [5, 5.41) is 16.9. The van der Waals surface area contributed by atoms with Crippen molar-refractivity contribution in [3.8, 4) is 0 Å². The average molecular weight is 359 g/mol. The minimum Gasteiger partial charge on any atom is -0.314 e. The fraction of sp³-hybridized carbons (Fsp3) is 0.778. The summed E-state index contributed by atoms with van der Waals surface area (Å²) < 4.78 is 5.40. The van der Waals surface area contributed by atoms with Crippen molar-refractivity contribution in [2.45, 2.75) is 70.5 Å². The minimum atomic E-state index is -0.0459. The number of hydrogen-bond donors (Lipinski definition) is 1. The van der Waals surface area contributed by atoms with Crippen LogP contribution in [0.15, 0.2) is 4.79 Å². The van der Waals surface area contributed by atoms with Gasteiger partial charge in [0.05, 0.1) is 6.54 Å². The largest absolute Gasteiger partial charge is 0.345 e. The molecule has 0 bridgehead atoms. The molecule has 2 aromatic rings. The predicted octanol–water partition coefficient (Wildman–Crippen LogP) is 0.938. The molecule has 0 saturated heterocycles. The molecular weight excluding hydrogens is 330 g/mol. The first-order valence-electron chi connectivity index (χ1n) is 9.86. The van der Waals surface area contributed by atoms with E-state index in [1.165, 1.54) is 43.2 Å². The number of hydrogen-bond acceptors (Lipinski definition) is 5. The van der Waals surface area contributed by atoms with Crippen molar-refractivity contribution in [2.24, 2.45) is 20.0 Å². The van der Waals surface area contributed by atoms with Gasteiger partial charge in [0.2, 0.25) is 0 Å². The molecule has 1 aliphatic carbocycles. The second-order valence-electron chi connectivity index (χ2n) is 7.76. The lowest BCUT2D eigenvalue weighted by molar-refractivity contribution is 0.252. The molecule has 0 spiro atoms. The quantitative estimate of drug-likeness (QED) is 0.859. The second-order valence-corrected chi connectivity index (χ2v) is 7.76. The van der Waals surface area contributed by atoms with Crippen molar-refractivity contribution in [2.75, 3.05) is 0 Å². The third-order valence-corrected chi connectivity index (χ3v) is 6.03. The maximum atomic E-state index is 12.0. The number of aryl methyl sites for hydroxylation is 2. The summed E-state index contributed by atoms with van der Waals surface area (Å²) in [5.41, 5.74) is -0.0459. The number of nitrogens with zero attached hydrogens (tertiary/aromatic N) is 6. The zero-order chi connectivity index (χ0) is 18.1. The first-order valence-corrected chi connectivity index (χ1v) is 9.86. The van der Waals surface area contributed by atoms with Crippen molar-refractivity contribution in [3.05, 3.63) is 28.0 Å². The lowest BCUT2D eigenvalue weighted by Gasteiger charge is -2.32. The SMILES string of the molecule is Cn1nc(C[C@H]2CCCC[C@H]2NCc2nnc3n2CCCC3)n(C)c1=O. The maximum absolute atomic E-state index is 12.0. The first-order chi connectivity index (χ1) is 12.6. The Bertz CT molecular complexity index is 818. The third kappa shape index (κ3) is 3.34. The molecule has 2 aromatic heterocycles. The van der Waals surface area contributed by atoms with Gasteiger partial charge in [-0.05, 0) is 31.6 Å². The molecule has 1 N–H and O–H groups in total. The standard InChI is InChI=1S/C18H29N7O/c1-23-16(22-24(2)18(23)26)11-13-7-3-4-8-14(13)19-12-17-21-20-15-9-5-6-10-25(15)17/h13-14,19H,3-12H2,1-2H3/t13-,14-/m1/s1. The van der Waals surface area contributed by atoms with E-state index in [0.29, 0.717) is 12.0 Å². The lowest BCUT2D eigenvalue weighted by Crippen LogP contribution is -2.40. The van der Waals surface area contributed by atoms with Crippen molar-refractivity contribution in [1.29, 1.82) is 0 Å². The molecule has 1 saturated carbocycles. The molecule has 26 heavy (non-hydrogen) atoms. The van der Waals surface area contributed by atoms with Crippen molar-refractivity contribution in [3.63, 3.8) is 0 Å². The highest BCUT2D eigenvalue weighted by Crippen LogP contribution is 2.27. The summed E-state index contributed by atoms with van der Waals surface area (Å²) >= 11 is 0. The van der Waals surface area contributed by atoms with Gasteiger partial charge < -0.3 is 9.88 Å². The molecule has 8 nitrogen and oxygen atoms in total. The zero-order valence-electron chi connectivity index (χ0n) is 15.8. The summed E-state index contributed by atoms with van der Waals surface area (Å²) in [4.78, 5) is 12.0. The Morgan fingerprint density at radius 1 is 1.08 bits per heavy atom. The fourth-order valence-corrected chi connectivity index (χ4v) is 4.47. The molecular formula is C18H29N7O. The highest BCUT2D eigenvalue weighted by atomic mass is 16.2. The van der Waals surface area contributed by atoms with Crippen molar-refractivity contribution >= 4 is 0 Å². The fourth-order valence-electron chi connectivity index (χ4n) is 4.47. The molecule has 0 unspecified atom stereocenters. The van der Waals surface area contributed by atoms with Crippen LogP contribution in [0.2, 0.25) is 0 Å². The lowest BCUT2D eigenvalue weighted by atomic mass is 9.82. The first kappa shape index (κ1) is 17.5. The molecule has 4 rings (SSSR count). The molecule has 142 valence electrons. The van der Waals surface area contributed by atoms with Crippen LogP contribution in [0, 0.1) is 5.92 Å². The minimum absolute atomic E-state index is 0.0459. The van der Waals surface area contributed by atoms with Crippen LogP contribution in [0.3, 0.4) is 0 Å².